The third-order valence-electron chi connectivity index (χ3n) is 13.5. The van der Waals surface area contributed by atoms with Crippen LogP contribution in [0.2, 0.25) is 0 Å². The summed E-state index contributed by atoms with van der Waals surface area (Å²) >= 11 is 0. The second-order valence-electron chi connectivity index (χ2n) is 17.2. The molecule has 0 saturated carbocycles. The highest BCUT2D eigenvalue weighted by molar-refractivity contribution is 6.27. The van der Waals surface area contributed by atoms with Gasteiger partial charge in [-0.1, -0.05) is 158 Å². The van der Waals surface area contributed by atoms with Gasteiger partial charge in [-0.15, -0.1) is 0 Å². The first-order valence-electron chi connectivity index (χ1n) is 22.5. The summed E-state index contributed by atoms with van der Waals surface area (Å²) < 4.78 is 15.8. The molecule has 4 heteroatoms. The van der Waals surface area contributed by atoms with Crippen molar-refractivity contribution < 1.29 is 8.83 Å². The number of para-hydroxylation sites is 4. The minimum Gasteiger partial charge on any atom is -0.456 e. The molecule has 0 aliphatic carbocycles. The molecule has 3 aromatic heterocycles. The molecule has 14 rings (SSSR count). The van der Waals surface area contributed by atoms with Crippen LogP contribution in [0.4, 0.5) is 17.1 Å². The fourth-order valence-corrected chi connectivity index (χ4v) is 10.7. The molecule has 0 bridgehead atoms. The van der Waals surface area contributed by atoms with E-state index in [4.69, 9.17) is 8.83 Å². The van der Waals surface area contributed by atoms with Crippen molar-refractivity contribution in [2.24, 2.45) is 0 Å². The van der Waals surface area contributed by atoms with Crippen LogP contribution in [-0.4, -0.2) is 4.57 Å². The summed E-state index contributed by atoms with van der Waals surface area (Å²) in [7, 11) is 0. The fraction of sp³-hybridized carbons (Fsp3) is 0. The highest BCUT2D eigenvalue weighted by Gasteiger charge is 2.25. The summed E-state index contributed by atoms with van der Waals surface area (Å²) in [6.07, 6.45) is 0. The van der Waals surface area contributed by atoms with Gasteiger partial charge in [-0.2, -0.15) is 0 Å². The topological polar surface area (TPSA) is 34.5 Å². The lowest BCUT2D eigenvalue weighted by Gasteiger charge is -2.25. The SMILES string of the molecule is c1ccc(-c2c3c(cc4c2c2ccc(-c5cc6ccccc6c6ccccc56)cc2n4-c2ccc(N(c4ccccc4)c4cccc5c4oc4ccccc45)cc2)oc2ccccc23)cc1. The molecule has 0 fully saturated rings. The van der Waals surface area contributed by atoms with Crippen molar-refractivity contribution in [2.45, 2.75) is 0 Å². The van der Waals surface area contributed by atoms with Crippen LogP contribution in [-0.2, 0) is 0 Å². The highest BCUT2D eigenvalue weighted by atomic mass is 16.3. The van der Waals surface area contributed by atoms with Crippen LogP contribution >= 0.6 is 0 Å². The molecule has 11 aromatic carbocycles. The Labute approximate surface area is 379 Å². The van der Waals surface area contributed by atoms with Crippen molar-refractivity contribution in [3.05, 3.63) is 231 Å². The first-order valence-corrected chi connectivity index (χ1v) is 22.5. The molecule has 0 atom stereocenters. The number of benzene rings is 11. The first-order chi connectivity index (χ1) is 32.7. The lowest BCUT2D eigenvalue weighted by molar-refractivity contribution is 0.669. The lowest BCUT2D eigenvalue weighted by Crippen LogP contribution is -2.10. The Morgan fingerprint density at radius 2 is 0.985 bits per heavy atom. The molecular formula is C62H38N2O2. The van der Waals surface area contributed by atoms with Gasteiger partial charge in [0.1, 0.15) is 16.7 Å². The molecular weight excluding hydrogens is 805 g/mol. The Hall–Kier alpha value is -8.86. The van der Waals surface area contributed by atoms with Gasteiger partial charge in [0.05, 0.1) is 16.7 Å². The number of hydrogen-bond donors (Lipinski definition) is 0. The minimum atomic E-state index is 0.853. The number of anilines is 3. The number of rotatable bonds is 6. The van der Waals surface area contributed by atoms with Crippen molar-refractivity contribution in [1.82, 2.24) is 4.57 Å². The summed E-state index contributed by atoms with van der Waals surface area (Å²) in [4.78, 5) is 2.30. The van der Waals surface area contributed by atoms with Gasteiger partial charge < -0.3 is 18.3 Å². The Balaban J connectivity index is 1.05. The summed E-state index contributed by atoms with van der Waals surface area (Å²) in [5, 5.41) is 11.8. The minimum absolute atomic E-state index is 0.853. The van der Waals surface area contributed by atoms with Gasteiger partial charge in [-0.05, 0) is 105 Å². The van der Waals surface area contributed by atoms with Gasteiger partial charge in [-0.3, -0.25) is 0 Å². The van der Waals surface area contributed by atoms with Crippen LogP contribution in [0.5, 0.6) is 0 Å². The van der Waals surface area contributed by atoms with E-state index < -0.39 is 0 Å². The van der Waals surface area contributed by atoms with E-state index in [1.807, 2.05) is 12.1 Å². The summed E-state index contributed by atoms with van der Waals surface area (Å²) in [5.74, 6) is 0. The molecule has 14 aromatic rings. The second-order valence-corrected chi connectivity index (χ2v) is 17.2. The summed E-state index contributed by atoms with van der Waals surface area (Å²) in [6, 6.07) is 82.6. The Morgan fingerprint density at radius 3 is 1.79 bits per heavy atom. The third-order valence-corrected chi connectivity index (χ3v) is 13.5. The van der Waals surface area contributed by atoms with Gasteiger partial charge in [0.2, 0.25) is 0 Å². The average Bonchev–Trinajstić information content (AvgIpc) is 4.06. The maximum absolute atomic E-state index is 6.77. The molecule has 0 aliphatic rings. The van der Waals surface area contributed by atoms with Gasteiger partial charge in [0.15, 0.2) is 5.58 Å². The normalized spacial score (nSPS) is 11.9. The molecule has 0 amide bonds. The van der Waals surface area contributed by atoms with Crippen LogP contribution in [0.25, 0.3) is 115 Å². The number of fused-ring (bicyclic) bond motifs is 12. The molecule has 0 radical (unpaired) electrons. The van der Waals surface area contributed by atoms with E-state index in [9.17, 15) is 0 Å². The van der Waals surface area contributed by atoms with E-state index in [0.29, 0.717) is 0 Å². The Bertz CT molecular complexity index is 4220. The standard InChI is InChI=1S/C62H38N2O2/c1-3-16-39(17-4-1)59-60-50-35-30-41(52-36-40-18-7-8-21-45(40)46-22-9-10-23-47(46)52)37-54(50)64(55(60)38-58-61(59)51-25-12-14-29-57(51)65-58)44-33-31-43(32-34-44)63(42-19-5-2-6-20-42)53-27-15-26-49-48-24-11-13-28-56(48)66-62(49)53/h1-38H. The Kier molecular flexibility index (Phi) is 7.95. The van der Waals surface area contributed by atoms with Crippen molar-refractivity contribution in [2.75, 3.05) is 4.90 Å². The van der Waals surface area contributed by atoms with Crippen molar-refractivity contribution >= 4 is 104 Å². The van der Waals surface area contributed by atoms with E-state index in [1.54, 1.807) is 0 Å². The van der Waals surface area contributed by atoms with E-state index in [-0.39, 0.29) is 0 Å². The maximum atomic E-state index is 6.77. The lowest BCUT2D eigenvalue weighted by atomic mass is 9.92. The summed E-state index contributed by atoms with van der Waals surface area (Å²) in [6.45, 7) is 0. The van der Waals surface area contributed by atoms with Gasteiger partial charge >= 0.3 is 0 Å². The van der Waals surface area contributed by atoms with Gasteiger partial charge in [-0.25, -0.2) is 0 Å². The molecule has 308 valence electrons. The Morgan fingerprint density at radius 1 is 0.348 bits per heavy atom. The molecule has 0 unspecified atom stereocenters. The van der Waals surface area contributed by atoms with Crippen molar-refractivity contribution in [3.63, 3.8) is 0 Å². The first kappa shape index (κ1) is 36.6. The van der Waals surface area contributed by atoms with Crippen LogP contribution in [0.3, 0.4) is 0 Å². The zero-order valence-electron chi connectivity index (χ0n) is 35.7. The van der Waals surface area contributed by atoms with Crippen molar-refractivity contribution in [1.29, 1.82) is 0 Å². The van der Waals surface area contributed by atoms with Crippen LogP contribution in [0.1, 0.15) is 0 Å². The van der Waals surface area contributed by atoms with Crippen LogP contribution in [0, 0.1) is 0 Å². The predicted molar refractivity (Wildman–Crippen MR) is 276 cm³/mol. The van der Waals surface area contributed by atoms with E-state index in [1.165, 1.54) is 43.4 Å². The maximum Gasteiger partial charge on any atom is 0.159 e. The second kappa shape index (κ2) is 14.3. The molecule has 0 aliphatic heterocycles. The highest BCUT2D eigenvalue weighted by Crippen LogP contribution is 2.48. The molecule has 4 nitrogen and oxygen atoms in total. The van der Waals surface area contributed by atoms with Crippen molar-refractivity contribution in [3.8, 4) is 27.9 Å². The largest absolute Gasteiger partial charge is 0.456 e. The predicted octanol–water partition coefficient (Wildman–Crippen LogP) is 17.7. The molecule has 0 spiro atoms. The quantitative estimate of drug-likeness (QED) is 0.156. The fourth-order valence-electron chi connectivity index (χ4n) is 10.7. The molecule has 66 heavy (non-hydrogen) atoms. The number of aromatic nitrogens is 1. The monoisotopic (exact) mass is 842 g/mol. The van der Waals surface area contributed by atoms with E-state index in [0.717, 1.165) is 88.8 Å². The number of nitrogens with zero attached hydrogens (tertiary/aromatic N) is 2. The van der Waals surface area contributed by atoms with Crippen LogP contribution < -0.4 is 4.90 Å². The third kappa shape index (κ3) is 5.45. The van der Waals surface area contributed by atoms with E-state index in [2.05, 4.69) is 228 Å². The zero-order valence-corrected chi connectivity index (χ0v) is 35.7. The van der Waals surface area contributed by atoms with Gasteiger partial charge in [0, 0.05) is 61.0 Å². The molecule has 0 saturated heterocycles. The number of hydrogen-bond acceptors (Lipinski definition) is 3. The molecule has 0 N–H and O–H groups in total. The number of furan rings is 2. The van der Waals surface area contributed by atoms with Crippen LogP contribution in [0.15, 0.2) is 239 Å². The molecule has 3 heterocycles. The van der Waals surface area contributed by atoms with Gasteiger partial charge in [0.25, 0.3) is 0 Å². The zero-order chi connectivity index (χ0) is 43.3. The van der Waals surface area contributed by atoms with E-state index >= 15 is 0 Å². The summed E-state index contributed by atoms with van der Waals surface area (Å²) in [5.41, 5.74) is 14.4. The smallest absolute Gasteiger partial charge is 0.159 e. The average molecular weight is 843 g/mol.